The fourth-order valence-electron chi connectivity index (χ4n) is 3.22. The maximum absolute atomic E-state index is 12.1. The Morgan fingerprint density at radius 1 is 1.05 bits per heavy atom. The Hall–Kier alpha value is -1.19. The van der Waals surface area contributed by atoms with E-state index in [1.165, 1.54) is 44.2 Å². The van der Waals surface area contributed by atoms with Gasteiger partial charge in [-0.2, -0.15) is 0 Å². The molecule has 1 saturated carbocycles. The predicted molar refractivity (Wildman–Crippen MR) is 77.3 cm³/mol. The zero-order chi connectivity index (χ0) is 15.3. The molecule has 0 saturated heterocycles. The van der Waals surface area contributed by atoms with E-state index in [1.54, 1.807) is 12.1 Å². The summed E-state index contributed by atoms with van der Waals surface area (Å²) in [7, 11) is 0. The molecule has 21 heavy (non-hydrogen) atoms. The number of benzene rings is 1. The van der Waals surface area contributed by atoms with E-state index in [0.29, 0.717) is 5.92 Å². The van der Waals surface area contributed by atoms with Gasteiger partial charge in [-0.1, -0.05) is 38.3 Å². The van der Waals surface area contributed by atoms with E-state index in [1.807, 2.05) is 0 Å². The fraction of sp³-hybridized carbons (Fsp3) is 0.647. The Balaban J connectivity index is 1.86. The van der Waals surface area contributed by atoms with Gasteiger partial charge < -0.3 is 4.74 Å². The molecule has 0 atom stereocenters. The summed E-state index contributed by atoms with van der Waals surface area (Å²) < 4.78 is 40.3. The highest BCUT2D eigenvalue weighted by molar-refractivity contribution is 5.29. The molecule has 1 nitrogen and oxygen atoms in total. The number of rotatable bonds is 5. The van der Waals surface area contributed by atoms with Gasteiger partial charge in [0.1, 0.15) is 5.75 Å². The summed E-state index contributed by atoms with van der Waals surface area (Å²) in [5.41, 5.74) is 1.14. The van der Waals surface area contributed by atoms with E-state index in [4.69, 9.17) is 0 Å². The SMILES string of the molecule is CCCCC1CCC(c2ccc(OC(F)(F)F)cc2)CC1. The lowest BCUT2D eigenvalue weighted by atomic mass is 9.77. The maximum atomic E-state index is 12.1. The molecule has 0 spiro atoms. The first-order valence-corrected chi connectivity index (χ1v) is 7.83. The number of unbranched alkanes of at least 4 members (excludes halogenated alkanes) is 1. The van der Waals surface area contributed by atoms with Crippen LogP contribution in [0.3, 0.4) is 0 Å². The second kappa shape index (κ2) is 7.19. The summed E-state index contributed by atoms with van der Waals surface area (Å²) in [6, 6.07) is 6.40. The number of hydrogen-bond donors (Lipinski definition) is 0. The van der Waals surface area contributed by atoms with Gasteiger partial charge in [0, 0.05) is 0 Å². The van der Waals surface area contributed by atoms with Gasteiger partial charge in [-0.3, -0.25) is 0 Å². The van der Waals surface area contributed by atoms with Crippen molar-refractivity contribution in [3.63, 3.8) is 0 Å². The highest BCUT2D eigenvalue weighted by Crippen LogP contribution is 2.38. The normalized spacial score (nSPS) is 23.0. The van der Waals surface area contributed by atoms with E-state index in [0.717, 1.165) is 24.3 Å². The smallest absolute Gasteiger partial charge is 0.406 e. The number of ether oxygens (including phenoxy) is 1. The van der Waals surface area contributed by atoms with Crippen molar-refractivity contribution in [1.82, 2.24) is 0 Å². The zero-order valence-corrected chi connectivity index (χ0v) is 12.5. The van der Waals surface area contributed by atoms with Gasteiger partial charge in [-0.15, -0.1) is 13.2 Å². The molecule has 118 valence electrons. The van der Waals surface area contributed by atoms with E-state index in [9.17, 15) is 13.2 Å². The first-order chi connectivity index (χ1) is 9.98. The average Bonchev–Trinajstić information content (AvgIpc) is 2.45. The van der Waals surface area contributed by atoms with Crippen LogP contribution in [0.15, 0.2) is 24.3 Å². The Labute approximate surface area is 124 Å². The summed E-state index contributed by atoms with van der Waals surface area (Å²) in [4.78, 5) is 0. The third-order valence-corrected chi connectivity index (χ3v) is 4.40. The van der Waals surface area contributed by atoms with Crippen LogP contribution in [0.1, 0.15) is 63.4 Å². The van der Waals surface area contributed by atoms with Crippen LogP contribution in [0.5, 0.6) is 5.75 Å². The molecule has 0 aromatic heterocycles. The average molecular weight is 300 g/mol. The lowest BCUT2D eigenvalue weighted by Crippen LogP contribution is -2.17. The van der Waals surface area contributed by atoms with Crippen LogP contribution in [0.25, 0.3) is 0 Å². The minimum absolute atomic E-state index is 0.136. The molecule has 4 heteroatoms. The molecule has 1 fully saturated rings. The van der Waals surface area contributed by atoms with Crippen LogP contribution in [-0.4, -0.2) is 6.36 Å². The van der Waals surface area contributed by atoms with E-state index < -0.39 is 6.36 Å². The summed E-state index contributed by atoms with van der Waals surface area (Å²) in [6.45, 7) is 2.22. The molecule has 1 aromatic rings. The largest absolute Gasteiger partial charge is 0.573 e. The Morgan fingerprint density at radius 3 is 2.19 bits per heavy atom. The van der Waals surface area contributed by atoms with Crippen molar-refractivity contribution in [3.8, 4) is 5.75 Å². The molecule has 0 N–H and O–H groups in total. The van der Waals surface area contributed by atoms with Crippen molar-refractivity contribution < 1.29 is 17.9 Å². The molecule has 0 aliphatic heterocycles. The van der Waals surface area contributed by atoms with E-state index in [-0.39, 0.29) is 5.75 Å². The minimum atomic E-state index is -4.61. The van der Waals surface area contributed by atoms with Crippen molar-refractivity contribution in [2.75, 3.05) is 0 Å². The van der Waals surface area contributed by atoms with Crippen LogP contribution in [0.4, 0.5) is 13.2 Å². The van der Waals surface area contributed by atoms with Crippen LogP contribution in [-0.2, 0) is 0 Å². The van der Waals surface area contributed by atoms with Gasteiger partial charge in [0.25, 0.3) is 0 Å². The monoisotopic (exact) mass is 300 g/mol. The first-order valence-electron chi connectivity index (χ1n) is 7.83. The summed E-state index contributed by atoms with van der Waals surface area (Å²) in [6.07, 6.45) is 4.04. The second-order valence-corrected chi connectivity index (χ2v) is 5.98. The van der Waals surface area contributed by atoms with Gasteiger partial charge in [-0.25, -0.2) is 0 Å². The molecule has 0 unspecified atom stereocenters. The molecular formula is C17H23F3O. The predicted octanol–water partition coefficient (Wildman–Crippen LogP) is 6.05. The molecular weight excluding hydrogens is 277 g/mol. The van der Waals surface area contributed by atoms with Gasteiger partial charge in [0.2, 0.25) is 0 Å². The highest BCUT2D eigenvalue weighted by atomic mass is 19.4. The van der Waals surface area contributed by atoms with Gasteiger partial charge in [0.05, 0.1) is 0 Å². The standard InChI is InChI=1S/C17H23F3O/c1-2-3-4-13-5-7-14(8-6-13)15-9-11-16(12-10-15)21-17(18,19)20/h9-14H,2-8H2,1H3. The quantitative estimate of drug-likeness (QED) is 0.643. The molecule has 0 bridgehead atoms. The fourth-order valence-corrected chi connectivity index (χ4v) is 3.22. The summed E-state index contributed by atoms with van der Waals surface area (Å²) in [5.74, 6) is 1.19. The topological polar surface area (TPSA) is 9.23 Å². The van der Waals surface area contributed by atoms with Crippen LogP contribution in [0.2, 0.25) is 0 Å². The number of hydrogen-bond acceptors (Lipinski definition) is 1. The number of halogens is 3. The maximum Gasteiger partial charge on any atom is 0.573 e. The molecule has 2 rings (SSSR count). The third-order valence-electron chi connectivity index (χ3n) is 4.40. The Kier molecular flexibility index (Phi) is 5.54. The van der Waals surface area contributed by atoms with Gasteiger partial charge in [-0.05, 0) is 55.2 Å². The molecule has 1 aliphatic rings. The van der Waals surface area contributed by atoms with Gasteiger partial charge >= 0.3 is 6.36 Å². The van der Waals surface area contributed by atoms with E-state index >= 15 is 0 Å². The van der Waals surface area contributed by atoms with Crippen molar-refractivity contribution in [2.45, 2.75) is 64.1 Å². The third kappa shape index (κ3) is 5.25. The summed E-state index contributed by atoms with van der Waals surface area (Å²) >= 11 is 0. The van der Waals surface area contributed by atoms with Crippen molar-refractivity contribution in [2.24, 2.45) is 5.92 Å². The van der Waals surface area contributed by atoms with E-state index in [2.05, 4.69) is 11.7 Å². The highest BCUT2D eigenvalue weighted by Gasteiger charge is 2.31. The van der Waals surface area contributed by atoms with Crippen LogP contribution >= 0.6 is 0 Å². The van der Waals surface area contributed by atoms with Crippen molar-refractivity contribution >= 4 is 0 Å². The number of alkyl halides is 3. The molecule has 0 amide bonds. The lowest BCUT2D eigenvalue weighted by Gasteiger charge is -2.28. The molecule has 0 heterocycles. The molecule has 1 aliphatic carbocycles. The van der Waals surface area contributed by atoms with Crippen LogP contribution in [0, 0.1) is 5.92 Å². The second-order valence-electron chi connectivity index (χ2n) is 5.98. The molecule has 1 aromatic carbocycles. The van der Waals surface area contributed by atoms with Crippen LogP contribution < -0.4 is 4.74 Å². The summed E-state index contributed by atoms with van der Waals surface area (Å²) in [5, 5.41) is 0. The first kappa shape index (κ1) is 16.2. The lowest BCUT2D eigenvalue weighted by molar-refractivity contribution is -0.274. The molecule has 0 radical (unpaired) electrons. The van der Waals surface area contributed by atoms with Crippen molar-refractivity contribution in [3.05, 3.63) is 29.8 Å². The minimum Gasteiger partial charge on any atom is -0.406 e. The Bertz CT molecular complexity index is 417. The van der Waals surface area contributed by atoms with Gasteiger partial charge in [0.15, 0.2) is 0 Å². The Morgan fingerprint density at radius 2 is 1.67 bits per heavy atom. The zero-order valence-electron chi connectivity index (χ0n) is 12.5. The van der Waals surface area contributed by atoms with Crippen molar-refractivity contribution in [1.29, 1.82) is 0 Å².